The molecule has 0 aromatic heterocycles. The van der Waals surface area contributed by atoms with Crippen molar-refractivity contribution >= 4 is 44.6 Å². The number of nitrogens with one attached hydrogen (secondary N) is 1. The summed E-state index contributed by atoms with van der Waals surface area (Å²) < 4.78 is 14.4. The van der Waals surface area contributed by atoms with Gasteiger partial charge < -0.3 is 11.1 Å². The standard InChI is InChI=1S/C13H11BrClFN2/c1-7-4-12(9(14)6-11(7)17)18-13-5-8(15)2-3-10(13)16/h2-6,18H,17H2,1H3. The van der Waals surface area contributed by atoms with E-state index < -0.39 is 0 Å². The second kappa shape index (κ2) is 5.16. The van der Waals surface area contributed by atoms with Crippen LogP contribution in [0.15, 0.2) is 34.8 Å². The van der Waals surface area contributed by atoms with E-state index in [4.69, 9.17) is 17.3 Å². The van der Waals surface area contributed by atoms with Gasteiger partial charge in [-0.1, -0.05) is 11.6 Å². The quantitative estimate of drug-likeness (QED) is 0.771. The van der Waals surface area contributed by atoms with Crippen molar-refractivity contribution < 1.29 is 4.39 Å². The molecule has 0 unspecified atom stereocenters. The van der Waals surface area contributed by atoms with Gasteiger partial charge in [-0.15, -0.1) is 0 Å². The number of rotatable bonds is 2. The summed E-state index contributed by atoms with van der Waals surface area (Å²) in [5.41, 5.74) is 8.45. The van der Waals surface area contributed by atoms with E-state index in [1.165, 1.54) is 18.2 Å². The van der Waals surface area contributed by atoms with Crippen LogP contribution in [0.2, 0.25) is 5.02 Å². The number of nitrogen functional groups attached to an aromatic ring is 1. The molecule has 0 aliphatic carbocycles. The van der Waals surface area contributed by atoms with Crippen molar-refractivity contribution in [3.63, 3.8) is 0 Å². The summed E-state index contributed by atoms with van der Waals surface area (Å²) in [5, 5.41) is 3.46. The third-order valence-corrected chi connectivity index (χ3v) is 3.44. The topological polar surface area (TPSA) is 38.0 Å². The Morgan fingerprint density at radius 1 is 1.22 bits per heavy atom. The van der Waals surface area contributed by atoms with Crippen LogP contribution in [0.1, 0.15) is 5.56 Å². The minimum Gasteiger partial charge on any atom is -0.398 e. The normalized spacial score (nSPS) is 10.4. The predicted molar refractivity (Wildman–Crippen MR) is 78.0 cm³/mol. The maximum atomic E-state index is 13.6. The van der Waals surface area contributed by atoms with Crippen molar-refractivity contribution in [2.75, 3.05) is 11.1 Å². The van der Waals surface area contributed by atoms with Crippen LogP contribution in [0.5, 0.6) is 0 Å². The van der Waals surface area contributed by atoms with Gasteiger partial charge in [-0.25, -0.2) is 4.39 Å². The van der Waals surface area contributed by atoms with Crippen molar-refractivity contribution in [3.8, 4) is 0 Å². The summed E-state index contributed by atoms with van der Waals surface area (Å²) in [5.74, 6) is -0.360. The van der Waals surface area contributed by atoms with Crippen LogP contribution >= 0.6 is 27.5 Å². The summed E-state index contributed by atoms with van der Waals surface area (Å²) in [6.45, 7) is 1.89. The first-order valence-electron chi connectivity index (χ1n) is 5.25. The van der Waals surface area contributed by atoms with Crippen molar-refractivity contribution in [2.24, 2.45) is 0 Å². The molecule has 0 spiro atoms. The molecule has 0 aliphatic heterocycles. The highest BCUT2D eigenvalue weighted by molar-refractivity contribution is 9.10. The zero-order valence-electron chi connectivity index (χ0n) is 9.60. The second-order valence-corrected chi connectivity index (χ2v) is 5.23. The van der Waals surface area contributed by atoms with Crippen LogP contribution in [-0.2, 0) is 0 Å². The number of halogens is 3. The van der Waals surface area contributed by atoms with E-state index in [2.05, 4.69) is 21.2 Å². The summed E-state index contributed by atoms with van der Waals surface area (Å²) >= 11 is 9.22. The minimum absolute atomic E-state index is 0.326. The predicted octanol–water partition coefficient (Wildman–Crippen LogP) is 4.88. The molecule has 18 heavy (non-hydrogen) atoms. The largest absolute Gasteiger partial charge is 0.398 e. The molecular weight excluding hydrogens is 319 g/mol. The van der Waals surface area contributed by atoms with Crippen molar-refractivity contribution in [2.45, 2.75) is 6.92 Å². The number of hydrogen-bond acceptors (Lipinski definition) is 2. The Kier molecular flexibility index (Phi) is 3.78. The summed E-state index contributed by atoms with van der Waals surface area (Å²) in [7, 11) is 0. The third-order valence-electron chi connectivity index (χ3n) is 2.55. The molecule has 0 atom stereocenters. The van der Waals surface area contributed by atoms with E-state index in [1.54, 1.807) is 6.07 Å². The zero-order valence-corrected chi connectivity index (χ0v) is 11.9. The number of hydrogen-bond donors (Lipinski definition) is 2. The van der Waals surface area contributed by atoms with Gasteiger partial charge in [0, 0.05) is 15.2 Å². The lowest BCUT2D eigenvalue weighted by Gasteiger charge is -2.12. The molecule has 0 fully saturated rings. The fraction of sp³-hybridized carbons (Fsp3) is 0.0769. The van der Waals surface area contributed by atoms with Gasteiger partial charge in [-0.3, -0.25) is 0 Å². The van der Waals surface area contributed by atoms with Crippen LogP contribution in [0, 0.1) is 12.7 Å². The van der Waals surface area contributed by atoms with Gasteiger partial charge in [0.15, 0.2) is 0 Å². The molecule has 0 amide bonds. The zero-order chi connectivity index (χ0) is 13.3. The molecule has 2 nitrogen and oxygen atoms in total. The average molecular weight is 330 g/mol. The highest BCUT2D eigenvalue weighted by Gasteiger charge is 2.07. The molecule has 2 aromatic rings. The maximum Gasteiger partial charge on any atom is 0.146 e. The summed E-state index contributed by atoms with van der Waals surface area (Å²) in [4.78, 5) is 0. The molecular formula is C13H11BrClFN2. The van der Waals surface area contributed by atoms with Gasteiger partial charge in [-0.05, 0) is 58.7 Å². The Morgan fingerprint density at radius 3 is 2.67 bits per heavy atom. The fourth-order valence-corrected chi connectivity index (χ4v) is 2.16. The number of aryl methyl sites for hydroxylation is 1. The average Bonchev–Trinajstić information content (AvgIpc) is 2.30. The number of anilines is 3. The van der Waals surface area contributed by atoms with Crippen LogP contribution in [0.3, 0.4) is 0 Å². The molecule has 0 aliphatic rings. The Hall–Kier alpha value is -1.26. The highest BCUT2D eigenvalue weighted by Crippen LogP contribution is 2.31. The number of nitrogens with two attached hydrogens (primary N) is 1. The summed E-state index contributed by atoms with van der Waals surface area (Å²) in [6.07, 6.45) is 0. The van der Waals surface area contributed by atoms with Crippen LogP contribution in [0.25, 0.3) is 0 Å². The SMILES string of the molecule is Cc1cc(Nc2cc(Cl)ccc2F)c(Br)cc1N. The molecule has 2 aromatic carbocycles. The maximum absolute atomic E-state index is 13.6. The van der Waals surface area contributed by atoms with Gasteiger partial charge in [0.05, 0.1) is 11.4 Å². The summed E-state index contributed by atoms with van der Waals surface area (Å²) in [6, 6.07) is 7.99. The van der Waals surface area contributed by atoms with E-state index in [0.29, 0.717) is 16.4 Å². The monoisotopic (exact) mass is 328 g/mol. The van der Waals surface area contributed by atoms with E-state index >= 15 is 0 Å². The smallest absolute Gasteiger partial charge is 0.146 e. The molecule has 0 saturated heterocycles. The van der Waals surface area contributed by atoms with E-state index in [-0.39, 0.29) is 5.82 Å². The first kappa shape index (κ1) is 13.2. The third kappa shape index (κ3) is 2.76. The second-order valence-electron chi connectivity index (χ2n) is 3.94. The van der Waals surface area contributed by atoms with E-state index in [9.17, 15) is 4.39 Å². The van der Waals surface area contributed by atoms with Gasteiger partial charge >= 0.3 is 0 Å². The van der Waals surface area contributed by atoms with Crippen molar-refractivity contribution in [1.29, 1.82) is 0 Å². The molecule has 0 radical (unpaired) electrons. The first-order valence-corrected chi connectivity index (χ1v) is 6.42. The van der Waals surface area contributed by atoms with Crippen LogP contribution < -0.4 is 11.1 Å². The Morgan fingerprint density at radius 2 is 1.94 bits per heavy atom. The fourth-order valence-electron chi connectivity index (χ4n) is 1.53. The lowest BCUT2D eigenvalue weighted by atomic mass is 10.2. The molecule has 3 N–H and O–H groups in total. The first-order chi connectivity index (χ1) is 8.47. The van der Waals surface area contributed by atoms with E-state index in [0.717, 1.165) is 15.7 Å². The highest BCUT2D eigenvalue weighted by atomic mass is 79.9. The van der Waals surface area contributed by atoms with Crippen molar-refractivity contribution in [1.82, 2.24) is 0 Å². The lowest BCUT2D eigenvalue weighted by molar-refractivity contribution is 0.632. The van der Waals surface area contributed by atoms with Gasteiger partial charge in [0.25, 0.3) is 0 Å². The Labute approximate surface area is 118 Å². The van der Waals surface area contributed by atoms with Crippen LogP contribution in [-0.4, -0.2) is 0 Å². The lowest BCUT2D eigenvalue weighted by Crippen LogP contribution is -1.97. The van der Waals surface area contributed by atoms with Crippen LogP contribution in [0.4, 0.5) is 21.5 Å². The molecule has 2 rings (SSSR count). The minimum atomic E-state index is -0.360. The van der Waals surface area contributed by atoms with Crippen molar-refractivity contribution in [3.05, 3.63) is 51.2 Å². The molecule has 94 valence electrons. The van der Waals surface area contributed by atoms with Gasteiger partial charge in [0.1, 0.15) is 5.82 Å². The molecule has 0 saturated carbocycles. The molecule has 0 bridgehead atoms. The molecule has 5 heteroatoms. The van der Waals surface area contributed by atoms with E-state index in [1.807, 2.05) is 13.0 Å². The Bertz CT molecular complexity index is 602. The number of benzene rings is 2. The van der Waals surface area contributed by atoms with Gasteiger partial charge in [-0.2, -0.15) is 0 Å². The van der Waals surface area contributed by atoms with Gasteiger partial charge in [0.2, 0.25) is 0 Å². The molecule has 0 heterocycles. The Balaban J connectivity index is 2.40.